The zero-order valence-corrected chi connectivity index (χ0v) is 20.6. The second-order valence-electron chi connectivity index (χ2n) is 7.37. The van der Waals surface area contributed by atoms with Gasteiger partial charge in [0.2, 0.25) is 20.0 Å². The van der Waals surface area contributed by atoms with Crippen LogP contribution in [0.15, 0.2) is 80.7 Å². The van der Waals surface area contributed by atoms with E-state index in [1.165, 1.54) is 12.4 Å². The number of sulfonamides is 2. The minimum Gasteiger partial charge on any atom is -0.272 e. The molecule has 3 aromatic rings. The number of primary sulfonamides is 2. The first-order valence-electron chi connectivity index (χ1n) is 10.1. The van der Waals surface area contributed by atoms with Crippen LogP contribution in [0, 0.1) is 20.2 Å². The highest BCUT2D eigenvalue weighted by molar-refractivity contribution is 7.89. The van der Waals surface area contributed by atoms with Crippen LogP contribution in [0.4, 0.5) is 22.7 Å². The molecular weight excluding hydrogens is 544 g/mol. The quantitative estimate of drug-likeness (QED) is 0.158. The van der Waals surface area contributed by atoms with Crippen molar-refractivity contribution < 1.29 is 26.7 Å². The monoisotopic (exact) mass is 562 g/mol. The van der Waals surface area contributed by atoms with E-state index >= 15 is 0 Å². The number of hydrogen-bond acceptors (Lipinski definition) is 12. The number of anilines is 2. The Morgan fingerprint density at radius 3 is 1.42 bits per heavy atom. The molecule has 0 aliphatic heterocycles. The number of benzene rings is 3. The Labute approximate surface area is 215 Å². The van der Waals surface area contributed by atoms with Crippen LogP contribution in [-0.2, 0) is 20.0 Å². The highest BCUT2D eigenvalue weighted by Crippen LogP contribution is 2.28. The van der Waals surface area contributed by atoms with Gasteiger partial charge in [-0.15, -0.1) is 0 Å². The Morgan fingerprint density at radius 2 is 1.08 bits per heavy atom. The maximum atomic E-state index is 11.4. The maximum Gasteiger partial charge on any atom is 0.295 e. The molecule has 0 heterocycles. The fourth-order valence-electron chi connectivity index (χ4n) is 2.94. The molecule has 0 spiro atoms. The molecule has 0 saturated carbocycles. The van der Waals surface area contributed by atoms with E-state index in [-0.39, 0.29) is 11.4 Å². The number of nitro benzene ring substituents is 2. The summed E-state index contributed by atoms with van der Waals surface area (Å²) in [5.41, 5.74) is 4.76. The van der Waals surface area contributed by atoms with Crippen molar-refractivity contribution in [2.24, 2.45) is 20.5 Å². The smallest absolute Gasteiger partial charge is 0.272 e. The summed E-state index contributed by atoms with van der Waals surface area (Å²) >= 11 is 0. The standard InChI is InChI=1S/C20H18N8O8S2/c21-37(33,34)15-4-6-17(19(9-15)27(29)30)25-23-11-13-2-1-3-14(8-13)12-24-26-18-7-5-16(38(22,35)36)10-20(18)28(31)32/h1-12,25-26H,(H2,21,33,34)(H2,22,35,36)/b23-11+,24-12+. The van der Waals surface area contributed by atoms with Crippen molar-refractivity contribution >= 4 is 55.2 Å². The van der Waals surface area contributed by atoms with Gasteiger partial charge in [0.05, 0.1) is 32.1 Å². The molecule has 18 heteroatoms. The van der Waals surface area contributed by atoms with Crippen molar-refractivity contribution in [2.75, 3.05) is 10.9 Å². The van der Waals surface area contributed by atoms with Gasteiger partial charge in [0.1, 0.15) is 11.4 Å². The van der Waals surface area contributed by atoms with E-state index in [0.717, 1.165) is 36.4 Å². The first-order chi connectivity index (χ1) is 17.8. The molecule has 3 rings (SSSR count). The fourth-order valence-corrected chi connectivity index (χ4v) is 4.01. The summed E-state index contributed by atoms with van der Waals surface area (Å²) < 4.78 is 45.7. The van der Waals surface area contributed by atoms with Gasteiger partial charge in [-0.25, -0.2) is 27.1 Å². The van der Waals surface area contributed by atoms with Gasteiger partial charge in [-0.3, -0.25) is 31.1 Å². The second kappa shape index (κ2) is 11.1. The van der Waals surface area contributed by atoms with Crippen LogP contribution in [-0.4, -0.2) is 39.1 Å². The van der Waals surface area contributed by atoms with Gasteiger partial charge in [-0.1, -0.05) is 18.2 Å². The lowest BCUT2D eigenvalue weighted by Gasteiger charge is -2.05. The number of nitro groups is 2. The Morgan fingerprint density at radius 1 is 0.684 bits per heavy atom. The van der Waals surface area contributed by atoms with Gasteiger partial charge in [-0.2, -0.15) is 10.2 Å². The summed E-state index contributed by atoms with van der Waals surface area (Å²) in [5.74, 6) is 0. The van der Waals surface area contributed by atoms with Gasteiger partial charge < -0.3 is 0 Å². The normalized spacial score (nSPS) is 12.1. The van der Waals surface area contributed by atoms with E-state index in [9.17, 15) is 37.1 Å². The van der Waals surface area contributed by atoms with Crippen molar-refractivity contribution in [1.29, 1.82) is 0 Å². The van der Waals surface area contributed by atoms with Crippen LogP contribution in [0.25, 0.3) is 0 Å². The minimum atomic E-state index is -4.13. The highest BCUT2D eigenvalue weighted by Gasteiger charge is 2.20. The van der Waals surface area contributed by atoms with Crippen LogP contribution < -0.4 is 21.1 Å². The Hall–Kier alpha value is -4.78. The summed E-state index contributed by atoms with van der Waals surface area (Å²) in [4.78, 5) is 20.1. The fraction of sp³-hybridized carbons (Fsp3) is 0. The van der Waals surface area contributed by atoms with Crippen LogP contribution >= 0.6 is 0 Å². The zero-order valence-electron chi connectivity index (χ0n) is 19.0. The van der Waals surface area contributed by atoms with E-state index in [2.05, 4.69) is 21.1 Å². The first-order valence-corrected chi connectivity index (χ1v) is 13.2. The molecule has 0 radical (unpaired) electrons. The van der Waals surface area contributed by atoms with Crippen molar-refractivity contribution in [1.82, 2.24) is 0 Å². The number of nitrogens with one attached hydrogen (secondary N) is 2. The zero-order chi connectivity index (χ0) is 28.1. The molecular formula is C20H18N8O8S2. The Kier molecular flexibility index (Phi) is 8.11. The molecule has 0 aromatic heterocycles. The van der Waals surface area contributed by atoms with E-state index in [1.807, 2.05) is 0 Å². The molecule has 0 aliphatic rings. The Bertz CT molecular complexity index is 1570. The summed E-state index contributed by atoms with van der Waals surface area (Å²) in [7, 11) is -8.27. The summed E-state index contributed by atoms with van der Waals surface area (Å²) in [6, 6.07) is 12.7. The molecule has 0 fully saturated rings. The average Bonchev–Trinajstić information content (AvgIpc) is 2.83. The molecule has 3 aromatic carbocycles. The van der Waals surface area contributed by atoms with Gasteiger partial charge in [-0.05, 0) is 41.5 Å². The summed E-state index contributed by atoms with van der Waals surface area (Å²) in [5, 5.41) is 40.4. The van der Waals surface area contributed by atoms with Gasteiger partial charge in [0, 0.05) is 12.1 Å². The average molecular weight is 563 g/mol. The largest absolute Gasteiger partial charge is 0.295 e. The second-order valence-corrected chi connectivity index (χ2v) is 10.5. The van der Waals surface area contributed by atoms with Gasteiger partial charge >= 0.3 is 0 Å². The van der Waals surface area contributed by atoms with Crippen molar-refractivity contribution in [3.63, 3.8) is 0 Å². The molecule has 6 N–H and O–H groups in total. The first kappa shape index (κ1) is 27.8. The molecule has 198 valence electrons. The van der Waals surface area contributed by atoms with Crippen molar-refractivity contribution in [2.45, 2.75) is 9.79 Å². The number of rotatable bonds is 10. The predicted molar refractivity (Wildman–Crippen MR) is 138 cm³/mol. The summed E-state index contributed by atoms with van der Waals surface area (Å²) in [6.45, 7) is 0. The lowest BCUT2D eigenvalue weighted by Crippen LogP contribution is -2.12. The van der Waals surface area contributed by atoms with Crippen LogP contribution in [0.3, 0.4) is 0 Å². The van der Waals surface area contributed by atoms with E-state index in [0.29, 0.717) is 11.1 Å². The number of hydrazone groups is 2. The third-order valence-electron chi connectivity index (χ3n) is 4.70. The van der Waals surface area contributed by atoms with Crippen molar-refractivity contribution in [3.05, 3.63) is 92.0 Å². The molecule has 16 nitrogen and oxygen atoms in total. The molecule has 38 heavy (non-hydrogen) atoms. The van der Waals surface area contributed by atoms with Crippen molar-refractivity contribution in [3.8, 4) is 0 Å². The molecule has 0 bridgehead atoms. The predicted octanol–water partition coefficient (Wildman–Crippen LogP) is 1.69. The topological polar surface area (TPSA) is 255 Å². The summed E-state index contributed by atoms with van der Waals surface area (Å²) in [6.07, 6.45) is 2.66. The Balaban J connectivity index is 1.74. The van der Waals surface area contributed by atoms with E-state index < -0.39 is 51.1 Å². The molecule has 0 amide bonds. The SMILES string of the molecule is NS(=O)(=O)c1ccc(N/N=C/c2cccc(/C=N/Nc3ccc(S(N)(=O)=O)cc3[N+](=O)[O-])c2)c([N+](=O)[O-])c1. The van der Waals surface area contributed by atoms with Crippen LogP contribution in [0.5, 0.6) is 0 Å². The number of nitrogens with zero attached hydrogens (tertiary/aromatic N) is 4. The highest BCUT2D eigenvalue weighted by atomic mass is 32.2. The number of hydrogen-bond donors (Lipinski definition) is 4. The van der Waals surface area contributed by atoms with Gasteiger partial charge in [0.25, 0.3) is 11.4 Å². The number of nitrogens with two attached hydrogens (primary N) is 2. The lowest BCUT2D eigenvalue weighted by molar-refractivity contribution is -0.384. The lowest BCUT2D eigenvalue weighted by atomic mass is 10.1. The van der Waals surface area contributed by atoms with E-state index in [1.54, 1.807) is 24.3 Å². The minimum absolute atomic E-state index is 0.0735. The van der Waals surface area contributed by atoms with Crippen LogP contribution in [0.2, 0.25) is 0 Å². The molecule has 0 saturated heterocycles. The third-order valence-corrected chi connectivity index (χ3v) is 6.52. The van der Waals surface area contributed by atoms with Crippen LogP contribution in [0.1, 0.15) is 11.1 Å². The molecule has 0 unspecified atom stereocenters. The third kappa shape index (κ3) is 7.13. The molecule has 0 atom stereocenters. The van der Waals surface area contributed by atoms with Gasteiger partial charge in [0.15, 0.2) is 0 Å². The van der Waals surface area contributed by atoms with E-state index in [4.69, 9.17) is 10.3 Å². The molecule has 0 aliphatic carbocycles. The maximum absolute atomic E-state index is 11.4.